The molecule has 20 heavy (non-hydrogen) atoms. The van der Waals surface area contributed by atoms with Gasteiger partial charge in [0.15, 0.2) is 0 Å². The SMILES string of the molecule is CCCC1CCCC(N)(C23CC4CC(CC(C4)C2)C3)C1. The molecule has 0 radical (unpaired) electrons. The molecule has 1 nitrogen and oxygen atoms in total. The van der Waals surface area contributed by atoms with Crippen molar-refractivity contribution < 1.29 is 0 Å². The molecule has 5 saturated carbocycles. The van der Waals surface area contributed by atoms with Gasteiger partial charge in [-0.3, -0.25) is 0 Å². The smallest absolute Gasteiger partial charge is 0.0214 e. The van der Waals surface area contributed by atoms with Crippen molar-refractivity contribution in [3.63, 3.8) is 0 Å². The molecule has 0 aliphatic heterocycles. The van der Waals surface area contributed by atoms with E-state index in [1.807, 2.05) is 0 Å². The van der Waals surface area contributed by atoms with Crippen LogP contribution in [0.2, 0.25) is 0 Å². The zero-order valence-corrected chi connectivity index (χ0v) is 13.4. The van der Waals surface area contributed by atoms with Gasteiger partial charge >= 0.3 is 0 Å². The van der Waals surface area contributed by atoms with Crippen LogP contribution >= 0.6 is 0 Å². The van der Waals surface area contributed by atoms with E-state index in [2.05, 4.69) is 6.92 Å². The number of rotatable bonds is 3. The molecule has 2 N–H and O–H groups in total. The van der Waals surface area contributed by atoms with Crippen molar-refractivity contribution in [2.24, 2.45) is 34.8 Å². The minimum Gasteiger partial charge on any atom is -0.325 e. The van der Waals surface area contributed by atoms with Gasteiger partial charge in [0, 0.05) is 5.54 Å². The summed E-state index contributed by atoms with van der Waals surface area (Å²) in [6.45, 7) is 2.34. The van der Waals surface area contributed by atoms with Gasteiger partial charge in [0.25, 0.3) is 0 Å². The zero-order valence-electron chi connectivity index (χ0n) is 13.4. The molecule has 0 aromatic rings. The average molecular weight is 275 g/mol. The first kappa shape index (κ1) is 13.6. The molecule has 0 saturated heterocycles. The van der Waals surface area contributed by atoms with E-state index in [4.69, 9.17) is 5.73 Å². The van der Waals surface area contributed by atoms with E-state index in [-0.39, 0.29) is 5.54 Å². The fourth-order valence-corrected chi connectivity index (χ4v) is 7.28. The van der Waals surface area contributed by atoms with E-state index < -0.39 is 0 Å². The van der Waals surface area contributed by atoms with E-state index in [1.165, 1.54) is 57.8 Å². The maximum absolute atomic E-state index is 7.18. The Hall–Kier alpha value is -0.0400. The Bertz CT molecular complexity index is 337. The van der Waals surface area contributed by atoms with E-state index in [0.717, 1.165) is 23.7 Å². The van der Waals surface area contributed by atoms with Crippen molar-refractivity contribution in [1.29, 1.82) is 0 Å². The summed E-state index contributed by atoms with van der Waals surface area (Å²) in [4.78, 5) is 0. The predicted octanol–water partition coefficient (Wildman–Crippen LogP) is 4.89. The van der Waals surface area contributed by atoms with Crippen LogP contribution in [0.15, 0.2) is 0 Å². The standard InChI is InChI=1S/C19H33N/c1-2-4-14-5-3-6-19(20,13-14)18-10-15-7-16(11-18)9-17(8-15)12-18/h14-17H,2-13,20H2,1H3. The maximum atomic E-state index is 7.18. The normalized spacial score (nSPS) is 54.3. The molecule has 5 rings (SSSR count). The van der Waals surface area contributed by atoms with Crippen molar-refractivity contribution in [1.82, 2.24) is 0 Å². The van der Waals surface area contributed by atoms with Crippen LogP contribution in [-0.4, -0.2) is 5.54 Å². The fraction of sp³-hybridized carbons (Fsp3) is 1.00. The summed E-state index contributed by atoms with van der Waals surface area (Å²) >= 11 is 0. The summed E-state index contributed by atoms with van der Waals surface area (Å²) in [6.07, 6.45) is 17.5. The molecule has 0 aromatic carbocycles. The Labute approximate surface area is 125 Å². The Morgan fingerprint density at radius 1 is 0.950 bits per heavy atom. The highest BCUT2D eigenvalue weighted by Gasteiger charge is 2.59. The first-order valence-electron chi connectivity index (χ1n) is 9.41. The molecule has 0 aromatic heterocycles. The van der Waals surface area contributed by atoms with Crippen LogP contribution in [-0.2, 0) is 0 Å². The second-order valence-electron chi connectivity index (χ2n) is 9.11. The lowest BCUT2D eigenvalue weighted by atomic mass is 9.42. The highest BCUT2D eigenvalue weighted by Crippen LogP contribution is 2.65. The van der Waals surface area contributed by atoms with Crippen LogP contribution in [0.1, 0.15) is 84.0 Å². The third kappa shape index (κ3) is 1.99. The third-order valence-electron chi connectivity index (χ3n) is 7.68. The van der Waals surface area contributed by atoms with Crippen LogP contribution in [0.25, 0.3) is 0 Å². The molecule has 5 fully saturated rings. The van der Waals surface area contributed by atoms with Gasteiger partial charge in [0.1, 0.15) is 0 Å². The molecule has 114 valence electrons. The van der Waals surface area contributed by atoms with Crippen LogP contribution < -0.4 is 5.73 Å². The molecule has 0 heterocycles. The van der Waals surface area contributed by atoms with Crippen molar-refractivity contribution >= 4 is 0 Å². The number of nitrogens with two attached hydrogens (primary N) is 1. The summed E-state index contributed by atoms with van der Waals surface area (Å²) in [7, 11) is 0. The first-order chi connectivity index (χ1) is 9.62. The molecular weight excluding hydrogens is 242 g/mol. The minimum atomic E-state index is 0.209. The van der Waals surface area contributed by atoms with Gasteiger partial charge in [-0.05, 0) is 80.5 Å². The number of hydrogen-bond acceptors (Lipinski definition) is 1. The maximum Gasteiger partial charge on any atom is 0.0214 e. The lowest BCUT2D eigenvalue weighted by molar-refractivity contribution is -0.112. The molecule has 5 aliphatic rings. The third-order valence-corrected chi connectivity index (χ3v) is 7.68. The van der Waals surface area contributed by atoms with Gasteiger partial charge in [-0.2, -0.15) is 0 Å². The van der Waals surface area contributed by atoms with Crippen LogP contribution in [0, 0.1) is 29.1 Å². The van der Waals surface area contributed by atoms with Crippen LogP contribution in [0.5, 0.6) is 0 Å². The van der Waals surface area contributed by atoms with Gasteiger partial charge in [-0.25, -0.2) is 0 Å². The van der Waals surface area contributed by atoms with Crippen molar-refractivity contribution in [2.45, 2.75) is 89.5 Å². The van der Waals surface area contributed by atoms with E-state index in [1.54, 1.807) is 19.3 Å². The van der Waals surface area contributed by atoms with Gasteiger partial charge < -0.3 is 5.73 Å². The average Bonchev–Trinajstić information content (AvgIpc) is 2.37. The highest BCUT2D eigenvalue weighted by molar-refractivity contribution is 5.13. The first-order valence-corrected chi connectivity index (χ1v) is 9.41. The summed E-state index contributed by atoms with van der Waals surface area (Å²) in [5.41, 5.74) is 7.95. The summed E-state index contributed by atoms with van der Waals surface area (Å²) in [5, 5.41) is 0. The molecule has 2 atom stereocenters. The molecule has 0 spiro atoms. The second-order valence-corrected chi connectivity index (χ2v) is 9.11. The zero-order chi connectivity index (χ0) is 13.8. The van der Waals surface area contributed by atoms with Crippen LogP contribution in [0.4, 0.5) is 0 Å². The van der Waals surface area contributed by atoms with E-state index in [9.17, 15) is 0 Å². The van der Waals surface area contributed by atoms with E-state index >= 15 is 0 Å². The van der Waals surface area contributed by atoms with Crippen molar-refractivity contribution in [2.75, 3.05) is 0 Å². The minimum absolute atomic E-state index is 0.209. The lowest BCUT2D eigenvalue weighted by Gasteiger charge is -2.64. The van der Waals surface area contributed by atoms with E-state index in [0.29, 0.717) is 5.41 Å². The van der Waals surface area contributed by atoms with Gasteiger partial charge in [0.2, 0.25) is 0 Å². The molecule has 5 aliphatic carbocycles. The Morgan fingerprint density at radius 2 is 1.55 bits per heavy atom. The Balaban J connectivity index is 1.59. The largest absolute Gasteiger partial charge is 0.325 e. The van der Waals surface area contributed by atoms with Gasteiger partial charge in [-0.15, -0.1) is 0 Å². The van der Waals surface area contributed by atoms with Gasteiger partial charge in [-0.1, -0.05) is 32.6 Å². The molecule has 0 amide bonds. The summed E-state index contributed by atoms with van der Waals surface area (Å²) in [5.74, 6) is 4.08. The quantitative estimate of drug-likeness (QED) is 0.779. The lowest BCUT2D eigenvalue weighted by Crippen LogP contribution is -2.64. The molecular formula is C19H33N. The Morgan fingerprint density at radius 3 is 2.10 bits per heavy atom. The monoisotopic (exact) mass is 275 g/mol. The second kappa shape index (κ2) is 4.73. The Kier molecular flexibility index (Phi) is 3.22. The fourth-order valence-electron chi connectivity index (χ4n) is 7.28. The van der Waals surface area contributed by atoms with Crippen molar-refractivity contribution in [3.05, 3.63) is 0 Å². The topological polar surface area (TPSA) is 26.0 Å². The summed E-state index contributed by atoms with van der Waals surface area (Å²) in [6, 6.07) is 0. The van der Waals surface area contributed by atoms with Gasteiger partial charge in [0.05, 0.1) is 0 Å². The summed E-state index contributed by atoms with van der Waals surface area (Å²) < 4.78 is 0. The van der Waals surface area contributed by atoms with Crippen molar-refractivity contribution in [3.8, 4) is 0 Å². The predicted molar refractivity (Wildman–Crippen MR) is 84.4 cm³/mol. The number of hydrogen-bond donors (Lipinski definition) is 1. The molecule has 2 unspecified atom stereocenters. The highest BCUT2D eigenvalue weighted by atomic mass is 14.8. The van der Waals surface area contributed by atoms with Crippen LogP contribution in [0.3, 0.4) is 0 Å². The molecule has 4 bridgehead atoms. The molecule has 1 heteroatoms.